The Bertz CT molecular complexity index is 499. The molecule has 2 aliphatic heterocycles. The van der Waals surface area contributed by atoms with Gasteiger partial charge in [-0.05, 0) is 19.4 Å². The quantitative estimate of drug-likeness (QED) is 0.838. The van der Waals surface area contributed by atoms with Crippen LogP contribution in [0.3, 0.4) is 0 Å². The summed E-state index contributed by atoms with van der Waals surface area (Å²) in [5.41, 5.74) is -0.227. The van der Waals surface area contributed by atoms with Crippen molar-refractivity contribution in [1.82, 2.24) is 0 Å². The van der Waals surface area contributed by atoms with Crippen LogP contribution in [0, 0.1) is 0 Å². The molecule has 22 heavy (non-hydrogen) atoms. The van der Waals surface area contributed by atoms with Gasteiger partial charge in [0.25, 0.3) is 0 Å². The lowest BCUT2D eigenvalue weighted by Gasteiger charge is -2.33. The summed E-state index contributed by atoms with van der Waals surface area (Å²) in [6, 6.07) is 9.68. The van der Waals surface area contributed by atoms with E-state index in [4.69, 9.17) is 18.9 Å². The summed E-state index contributed by atoms with van der Waals surface area (Å²) in [4.78, 5) is 0. The molecule has 2 fully saturated rings. The molecule has 122 valence electrons. The van der Waals surface area contributed by atoms with Crippen LogP contribution in [-0.2, 0) is 25.6 Å². The molecule has 0 saturated carbocycles. The summed E-state index contributed by atoms with van der Waals surface area (Å²) in [5.74, 6) is -0.777. The van der Waals surface area contributed by atoms with Gasteiger partial charge in [-0.2, -0.15) is 0 Å². The summed E-state index contributed by atoms with van der Waals surface area (Å²) in [6.07, 6.45) is -1.76. The van der Waals surface area contributed by atoms with Crippen LogP contribution in [0.2, 0.25) is 0 Å². The van der Waals surface area contributed by atoms with Crippen molar-refractivity contribution in [2.24, 2.45) is 0 Å². The van der Waals surface area contributed by atoms with Gasteiger partial charge in [-0.1, -0.05) is 30.3 Å². The average Bonchev–Trinajstić information content (AvgIpc) is 2.95. The van der Waals surface area contributed by atoms with Crippen LogP contribution in [-0.4, -0.2) is 53.3 Å². The van der Waals surface area contributed by atoms with Crippen molar-refractivity contribution in [3.63, 3.8) is 0 Å². The van der Waals surface area contributed by atoms with Gasteiger partial charge < -0.3 is 29.2 Å². The highest BCUT2D eigenvalue weighted by molar-refractivity contribution is 5.14. The van der Waals surface area contributed by atoms with Crippen LogP contribution in [0.5, 0.6) is 0 Å². The third-order valence-corrected chi connectivity index (χ3v) is 4.06. The molecule has 1 aromatic rings. The normalized spacial score (nSPS) is 32.1. The van der Waals surface area contributed by atoms with Crippen molar-refractivity contribution >= 4 is 0 Å². The molecule has 0 radical (unpaired) electrons. The summed E-state index contributed by atoms with van der Waals surface area (Å²) in [7, 11) is 0. The predicted molar refractivity (Wildman–Crippen MR) is 76.8 cm³/mol. The lowest BCUT2D eigenvalue weighted by atomic mass is 9.97. The van der Waals surface area contributed by atoms with Crippen molar-refractivity contribution in [2.75, 3.05) is 13.2 Å². The molecule has 0 bridgehead atoms. The second-order valence-corrected chi connectivity index (χ2v) is 6.18. The Morgan fingerprint density at radius 2 is 1.73 bits per heavy atom. The van der Waals surface area contributed by atoms with E-state index in [-0.39, 0.29) is 13.2 Å². The second kappa shape index (κ2) is 5.88. The Labute approximate surface area is 129 Å². The third-order valence-electron chi connectivity index (χ3n) is 4.06. The fourth-order valence-electron chi connectivity index (χ4n) is 2.96. The lowest BCUT2D eigenvalue weighted by Crippen LogP contribution is -2.52. The van der Waals surface area contributed by atoms with Crippen LogP contribution < -0.4 is 0 Å². The lowest BCUT2D eigenvalue weighted by molar-refractivity contribution is -0.258. The van der Waals surface area contributed by atoms with E-state index in [1.165, 1.54) is 0 Å². The highest BCUT2D eigenvalue weighted by atomic mass is 16.8. The minimum Gasteiger partial charge on any atom is -0.393 e. The largest absolute Gasteiger partial charge is 0.393 e. The van der Waals surface area contributed by atoms with Gasteiger partial charge in [0.2, 0.25) is 0 Å². The van der Waals surface area contributed by atoms with Crippen molar-refractivity contribution in [2.45, 2.75) is 50.3 Å². The first-order chi connectivity index (χ1) is 10.5. The standard InChI is InChI=1S/C16H22O6/c1-15(2)20-12-13(19-8-11-6-4-3-5-7-11)16(9-17,10-18)22-14(12)21-15/h3-7,12-14,17-18H,8-10H2,1-2H3/t12?,13-,14?/m0/s1. The Kier molecular flexibility index (Phi) is 4.24. The number of benzene rings is 1. The number of hydrogen-bond acceptors (Lipinski definition) is 6. The SMILES string of the molecule is CC1(C)OC2OC(CO)(CO)[C@@H](OCc3ccccc3)C2O1. The molecule has 0 spiro atoms. The molecule has 3 rings (SSSR count). The fourth-order valence-corrected chi connectivity index (χ4v) is 2.96. The summed E-state index contributed by atoms with van der Waals surface area (Å²) in [6.45, 7) is 3.18. The number of ether oxygens (including phenoxy) is 4. The highest BCUT2D eigenvalue weighted by Gasteiger charge is 2.62. The van der Waals surface area contributed by atoms with E-state index in [0.29, 0.717) is 6.61 Å². The van der Waals surface area contributed by atoms with E-state index in [1.807, 2.05) is 30.3 Å². The topological polar surface area (TPSA) is 77.4 Å². The molecule has 6 nitrogen and oxygen atoms in total. The van der Waals surface area contributed by atoms with Crippen molar-refractivity contribution in [3.05, 3.63) is 35.9 Å². The van der Waals surface area contributed by atoms with Gasteiger partial charge in [-0.25, -0.2) is 0 Å². The number of aliphatic hydroxyl groups is 2. The van der Waals surface area contributed by atoms with E-state index in [2.05, 4.69) is 0 Å². The van der Waals surface area contributed by atoms with Gasteiger partial charge in [-0.3, -0.25) is 0 Å². The Hall–Kier alpha value is -1.02. The van der Waals surface area contributed by atoms with E-state index >= 15 is 0 Å². The maximum atomic E-state index is 9.69. The molecule has 2 N–H and O–H groups in total. The zero-order valence-electron chi connectivity index (χ0n) is 12.8. The minimum absolute atomic E-state index is 0.337. The molecule has 2 unspecified atom stereocenters. The van der Waals surface area contributed by atoms with E-state index in [1.54, 1.807) is 13.8 Å². The van der Waals surface area contributed by atoms with Gasteiger partial charge in [0.1, 0.15) is 17.8 Å². The van der Waals surface area contributed by atoms with Crippen LogP contribution in [0.1, 0.15) is 19.4 Å². The Morgan fingerprint density at radius 1 is 1.05 bits per heavy atom. The molecule has 3 atom stereocenters. The molecule has 1 aromatic carbocycles. The second-order valence-electron chi connectivity index (χ2n) is 6.18. The summed E-state index contributed by atoms with van der Waals surface area (Å²) < 4.78 is 23.2. The minimum atomic E-state index is -1.22. The van der Waals surface area contributed by atoms with E-state index < -0.39 is 29.9 Å². The van der Waals surface area contributed by atoms with Crippen molar-refractivity contribution in [3.8, 4) is 0 Å². The number of hydrogen-bond donors (Lipinski definition) is 2. The van der Waals surface area contributed by atoms with Gasteiger partial charge in [0.15, 0.2) is 12.1 Å². The van der Waals surface area contributed by atoms with Crippen LogP contribution in [0.4, 0.5) is 0 Å². The molecule has 2 heterocycles. The maximum absolute atomic E-state index is 9.69. The van der Waals surface area contributed by atoms with Crippen molar-refractivity contribution in [1.29, 1.82) is 0 Å². The van der Waals surface area contributed by atoms with Crippen LogP contribution >= 0.6 is 0 Å². The number of rotatable bonds is 5. The molecular weight excluding hydrogens is 288 g/mol. The predicted octanol–water partition coefficient (Wildman–Crippen LogP) is 0.803. The third kappa shape index (κ3) is 2.78. The van der Waals surface area contributed by atoms with E-state index in [9.17, 15) is 10.2 Å². The first kappa shape index (κ1) is 15.9. The van der Waals surface area contributed by atoms with Gasteiger partial charge in [0.05, 0.1) is 19.8 Å². The smallest absolute Gasteiger partial charge is 0.190 e. The molecule has 0 aromatic heterocycles. The average molecular weight is 310 g/mol. The summed E-state index contributed by atoms with van der Waals surface area (Å²) >= 11 is 0. The first-order valence-electron chi connectivity index (χ1n) is 7.40. The fraction of sp³-hybridized carbons (Fsp3) is 0.625. The molecule has 2 aliphatic rings. The number of aliphatic hydroxyl groups excluding tert-OH is 2. The highest BCUT2D eigenvalue weighted by Crippen LogP contribution is 2.43. The van der Waals surface area contributed by atoms with E-state index in [0.717, 1.165) is 5.56 Å². The molecule has 0 aliphatic carbocycles. The first-order valence-corrected chi connectivity index (χ1v) is 7.40. The monoisotopic (exact) mass is 310 g/mol. The summed E-state index contributed by atoms with van der Waals surface area (Å²) in [5, 5.41) is 19.4. The molecule has 6 heteroatoms. The van der Waals surface area contributed by atoms with Crippen LogP contribution in [0.25, 0.3) is 0 Å². The zero-order valence-corrected chi connectivity index (χ0v) is 12.8. The molecule has 2 saturated heterocycles. The number of fused-ring (bicyclic) bond motifs is 1. The van der Waals surface area contributed by atoms with Gasteiger partial charge >= 0.3 is 0 Å². The molecule has 0 amide bonds. The Morgan fingerprint density at radius 3 is 2.36 bits per heavy atom. The van der Waals surface area contributed by atoms with Gasteiger partial charge in [0, 0.05) is 0 Å². The molecular formula is C16H22O6. The van der Waals surface area contributed by atoms with Crippen LogP contribution in [0.15, 0.2) is 30.3 Å². The Balaban J connectivity index is 1.77. The van der Waals surface area contributed by atoms with Crippen molar-refractivity contribution < 1.29 is 29.2 Å². The maximum Gasteiger partial charge on any atom is 0.190 e. The van der Waals surface area contributed by atoms with Gasteiger partial charge in [-0.15, -0.1) is 0 Å². The zero-order chi connectivity index (χ0) is 15.8.